The molecular weight excluding hydrogens is 304 g/mol. The number of hydrogen-bond acceptors (Lipinski definition) is 4. The second kappa shape index (κ2) is 5.34. The number of cyclic esters (lactones) is 1. The number of ether oxygens (including phenoxy) is 3. The molecule has 1 aromatic rings. The van der Waals surface area contributed by atoms with Crippen LogP contribution < -0.4 is 0 Å². The lowest BCUT2D eigenvalue weighted by molar-refractivity contribution is -0.179. The minimum absolute atomic E-state index is 0.0379. The third-order valence-corrected chi connectivity index (χ3v) is 5.95. The van der Waals surface area contributed by atoms with Crippen molar-refractivity contribution in [1.82, 2.24) is 0 Å². The smallest absolute Gasteiger partial charge is 0.307 e. The summed E-state index contributed by atoms with van der Waals surface area (Å²) < 4.78 is 18.0. The van der Waals surface area contributed by atoms with Gasteiger partial charge in [-0.05, 0) is 11.0 Å². The number of fused-ring (bicyclic) bond motifs is 1. The third kappa shape index (κ3) is 2.12. The molecule has 5 atom stereocenters. The largest absolute Gasteiger partial charge is 0.446 e. The normalized spacial score (nSPS) is 39.1. The van der Waals surface area contributed by atoms with Gasteiger partial charge in [0.2, 0.25) is 0 Å². The Labute approximate surface area is 142 Å². The molecule has 2 bridgehead atoms. The number of terminal acetylenes is 1. The highest BCUT2D eigenvalue weighted by Gasteiger charge is 2.72. The first-order valence-electron chi connectivity index (χ1n) is 8.46. The average Bonchev–Trinajstić information content (AvgIpc) is 3.05. The van der Waals surface area contributed by atoms with Crippen LogP contribution in [0.15, 0.2) is 30.3 Å². The molecule has 4 rings (SSSR count). The Kier molecular flexibility index (Phi) is 3.49. The molecular formula is C20H22O4. The summed E-state index contributed by atoms with van der Waals surface area (Å²) in [5.41, 5.74) is 0.363. The van der Waals surface area contributed by atoms with Gasteiger partial charge < -0.3 is 14.2 Å². The summed E-state index contributed by atoms with van der Waals surface area (Å²) >= 11 is 0. The van der Waals surface area contributed by atoms with Crippen LogP contribution >= 0.6 is 0 Å². The topological polar surface area (TPSA) is 44.8 Å². The molecule has 0 saturated carbocycles. The van der Waals surface area contributed by atoms with Crippen molar-refractivity contribution in [2.24, 2.45) is 11.3 Å². The molecule has 0 aromatic heterocycles. The monoisotopic (exact) mass is 326 g/mol. The van der Waals surface area contributed by atoms with Crippen LogP contribution in [0, 0.1) is 23.7 Å². The maximum Gasteiger partial charge on any atom is 0.307 e. The maximum atomic E-state index is 11.9. The van der Waals surface area contributed by atoms with Crippen molar-refractivity contribution in [2.75, 3.05) is 0 Å². The lowest BCUT2D eigenvalue weighted by Gasteiger charge is -2.47. The highest BCUT2D eigenvalue weighted by atomic mass is 16.6. The van der Waals surface area contributed by atoms with Crippen LogP contribution in [0.3, 0.4) is 0 Å². The fourth-order valence-corrected chi connectivity index (χ4v) is 4.80. The SMILES string of the molecule is C#C[C@H]1OC(=O)CC2C(C)(C)C3O[C@]21C[C@@H]3OCc1ccccc1. The summed E-state index contributed by atoms with van der Waals surface area (Å²) in [4.78, 5) is 11.9. The number of benzene rings is 1. The van der Waals surface area contributed by atoms with E-state index in [1.165, 1.54) is 0 Å². The molecule has 24 heavy (non-hydrogen) atoms. The second-order valence-corrected chi connectivity index (χ2v) is 7.65. The van der Waals surface area contributed by atoms with Crippen LogP contribution in [0.4, 0.5) is 0 Å². The Morgan fingerprint density at radius 1 is 1.33 bits per heavy atom. The maximum absolute atomic E-state index is 11.9. The van der Waals surface area contributed by atoms with E-state index in [9.17, 15) is 4.79 Å². The standard InChI is InChI=1S/C20H22O4/c1-4-16-20-11-14(22-12-13-8-6-5-7-9-13)18(24-20)19(2,3)15(20)10-17(21)23-16/h1,5-9,14-16,18H,10-12H2,2-3H3/t14-,15?,16+,18?,20+/m0/s1. The molecule has 3 saturated heterocycles. The van der Waals surface area contributed by atoms with Gasteiger partial charge in [-0.3, -0.25) is 4.79 Å². The summed E-state index contributed by atoms with van der Waals surface area (Å²) in [6.45, 7) is 4.84. The molecule has 4 nitrogen and oxygen atoms in total. The van der Waals surface area contributed by atoms with E-state index < -0.39 is 11.7 Å². The highest BCUT2D eigenvalue weighted by Crippen LogP contribution is 2.62. The van der Waals surface area contributed by atoms with E-state index in [1.54, 1.807) is 0 Å². The van der Waals surface area contributed by atoms with Gasteiger partial charge in [-0.15, -0.1) is 6.42 Å². The van der Waals surface area contributed by atoms with E-state index in [-0.39, 0.29) is 29.5 Å². The van der Waals surface area contributed by atoms with Crippen molar-refractivity contribution >= 4 is 5.97 Å². The van der Waals surface area contributed by atoms with Gasteiger partial charge >= 0.3 is 5.97 Å². The van der Waals surface area contributed by atoms with Crippen LogP contribution in [0.2, 0.25) is 0 Å². The van der Waals surface area contributed by atoms with Crippen LogP contribution in [-0.4, -0.2) is 29.9 Å². The predicted octanol–water partition coefficient (Wildman–Crippen LogP) is 2.70. The Morgan fingerprint density at radius 3 is 2.79 bits per heavy atom. The van der Waals surface area contributed by atoms with Gasteiger partial charge in [0.25, 0.3) is 0 Å². The van der Waals surface area contributed by atoms with E-state index in [1.807, 2.05) is 30.3 Å². The Morgan fingerprint density at radius 2 is 2.08 bits per heavy atom. The minimum atomic E-state index is -0.627. The van der Waals surface area contributed by atoms with Crippen molar-refractivity contribution in [2.45, 2.75) is 57.2 Å². The van der Waals surface area contributed by atoms with Crippen molar-refractivity contribution in [3.63, 3.8) is 0 Å². The lowest BCUT2D eigenvalue weighted by Crippen LogP contribution is -2.58. The second-order valence-electron chi connectivity index (χ2n) is 7.65. The number of hydrogen-bond donors (Lipinski definition) is 0. The van der Waals surface area contributed by atoms with E-state index in [0.29, 0.717) is 19.4 Å². The van der Waals surface area contributed by atoms with Gasteiger partial charge in [-0.1, -0.05) is 50.1 Å². The number of esters is 1. The number of carbonyl (C=O) groups is 1. The Balaban J connectivity index is 1.57. The molecule has 0 amide bonds. The van der Waals surface area contributed by atoms with Gasteiger partial charge in [0.1, 0.15) is 5.60 Å². The van der Waals surface area contributed by atoms with E-state index >= 15 is 0 Å². The van der Waals surface area contributed by atoms with Gasteiger partial charge in [0.15, 0.2) is 6.10 Å². The summed E-state index contributed by atoms with van der Waals surface area (Å²) in [5, 5.41) is 0. The molecule has 4 heteroatoms. The molecule has 3 fully saturated rings. The van der Waals surface area contributed by atoms with E-state index in [4.69, 9.17) is 20.6 Å². The summed E-state index contributed by atoms with van der Waals surface area (Å²) in [7, 11) is 0. The first-order chi connectivity index (χ1) is 11.5. The van der Waals surface area contributed by atoms with Gasteiger partial charge in [-0.2, -0.15) is 0 Å². The lowest BCUT2D eigenvalue weighted by atomic mass is 9.59. The molecule has 3 aliphatic heterocycles. The number of carbonyl (C=O) groups excluding carboxylic acids is 1. The van der Waals surface area contributed by atoms with Crippen molar-refractivity contribution in [1.29, 1.82) is 0 Å². The summed E-state index contributed by atoms with van der Waals surface area (Å²) in [6.07, 6.45) is 5.96. The minimum Gasteiger partial charge on any atom is -0.446 e. The van der Waals surface area contributed by atoms with E-state index in [2.05, 4.69) is 19.8 Å². The van der Waals surface area contributed by atoms with Crippen LogP contribution in [-0.2, 0) is 25.6 Å². The molecule has 3 heterocycles. The van der Waals surface area contributed by atoms with Gasteiger partial charge in [0, 0.05) is 12.3 Å². The zero-order chi connectivity index (χ0) is 16.9. The average molecular weight is 326 g/mol. The molecule has 0 radical (unpaired) electrons. The Bertz CT molecular complexity index is 689. The number of rotatable bonds is 3. The molecule has 126 valence electrons. The summed E-state index contributed by atoms with van der Waals surface area (Å²) in [6, 6.07) is 10.1. The third-order valence-electron chi connectivity index (χ3n) is 5.95. The highest BCUT2D eigenvalue weighted by molar-refractivity contribution is 5.72. The van der Waals surface area contributed by atoms with Crippen molar-refractivity contribution in [3.05, 3.63) is 35.9 Å². The molecule has 1 spiro atoms. The van der Waals surface area contributed by atoms with Gasteiger partial charge in [0.05, 0.1) is 25.2 Å². The fourth-order valence-electron chi connectivity index (χ4n) is 4.80. The zero-order valence-electron chi connectivity index (χ0n) is 14.0. The predicted molar refractivity (Wildman–Crippen MR) is 87.8 cm³/mol. The first-order valence-corrected chi connectivity index (χ1v) is 8.46. The quantitative estimate of drug-likeness (QED) is 0.633. The molecule has 2 unspecified atom stereocenters. The van der Waals surface area contributed by atoms with Gasteiger partial charge in [-0.25, -0.2) is 0 Å². The van der Waals surface area contributed by atoms with Crippen molar-refractivity contribution < 1.29 is 19.0 Å². The van der Waals surface area contributed by atoms with Crippen LogP contribution in [0.1, 0.15) is 32.3 Å². The van der Waals surface area contributed by atoms with E-state index in [0.717, 1.165) is 5.56 Å². The fraction of sp³-hybridized carbons (Fsp3) is 0.550. The molecule has 0 N–H and O–H groups in total. The van der Waals surface area contributed by atoms with Crippen molar-refractivity contribution in [3.8, 4) is 12.3 Å². The zero-order valence-corrected chi connectivity index (χ0v) is 14.0. The molecule has 3 aliphatic rings. The first kappa shape index (κ1) is 15.7. The van der Waals surface area contributed by atoms with Crippen LogP contribution in [0.25, 0.3) is 0 Å². The Hall–Kier alpha value is -1.83. The molecule has 1 aromatic carbocycles. The van der Waals surface area contributed by atoms with Crippen LogP contribution in [0.5, 0.6) is 0 Å². The summed E-state index contributed by atoms with van der Waals surface area (Å²) in [5.74, 6) is 2.49. The molecule has 0 aliphatic carbocycles.